The number of hydrogen-bond acceptors (Lipinski definition) is 3. The van der Waals surface area contributed by atoms with E-state index in [4.69, 9.17) is 4.74 Å². The van der Waals surface area contributed by atoms with Gasteiger partial charge in [0, 0.05) is 12.8 Å². The van der Waals surface area contributed by atoms with Crippen LogP contribution in [0, 0.1) is 6.92 Å². The maximum Gasteiger partial charge on any atom is 0.0748 e. The molecule has 2 heterocycles. The molecule has 0 aromatic carbocycles. The summed E-state index contributed by atoms with van der Waals surface area (Å²) >= 11 is 0. The van der Waals surface area contributed by atoms with Gasteiger partial charge < -0.3 is 10.1 Å². The minimum absolute atomic E-state index is 0.301. The zero-order valence-corrected chi connectivity index (χ0v) is 8.66. The molecule has 3 nitrogen and oxygen atoms in total. The second kappa shape index (κ2) is 3.96. The molecule has 0 saturated carbocycles. The lowest BCUT2D eigenvalue weighted by molar-refractivity contribution is 0.121. The van der Waals surface area contributed by atoms with Gasteiger partial charge in [0.2, 0.25) is 0 Å². The number of pyridine rings is 1. The summed E-state index contributed by atoms with van der Waals surface area (Å²) in [6, 6.07) is 4.45. The predicted octanol–water partition coefficient (Wildman–Crippen LogP) is 1.98. The number of rotatable bonds is 2. The highest BCUT2D eigenvalue weighted by Crippen LogP contribution is 2.19. The molecule has 14 heavy (non-hydrogen) atoms. The van der Waals surface area contributed by atoms with Crippen LogP contribution in [0.3, 0.4) is 0 Å². The van der Waals surface area contributed by atoms with E-state index >= 15 is 0 Å². The maximum absolute atomic E-state index is 5.49. The fourth-order valence-corrected chi connectivity index (χ4v) is 1.76. The Kier molecular flexibility index (Phi) is 2.68. The summed E-state index contributed by atoms with van der Waals surface area (Å²) < 4.78 is 5.49. The molecule has 2 atom stereocenters. The van der Waals surface area contributed by atoms with Gasteiger partial charge in [-0.3, -0.25) is 4.98 Å². The maximum atomic E-state index is 5.49. The van der Waals surface area contributed by atoms with E-state index in [-0.39, 0.29) is 0 Å². The Morgan fingerprint density at radius 2 is 2.43 bits per heavy atom. The highest BCUT2D eigenvalue weighted by atomic mass is 16.5. The van der Waals surface area contributed by atoms with Gasteiger partial charge in [0.25, 0.3) is 0 Å². The monoisotopic (exact) mass is 192 g/mol. The first-order valence-corrected chi connectivity index (χ1v) is 5.07. The van der Waals surface area contributed by atoms with Crippen molar-refractivity contribution in [2.45, 2.75) is 32.4 Å². The largest absolute Gasteiger partial charge is 0.378 e. The van der Waals surface area contributed by atoms with Gasteiger partial charge in [0.1, 0.15) is 0 Å². The molecular weight excluding hydrogens is 176 g/mol. The van der Waals surface area contributed by atoms with Crippen molar-refractivity contribution in [3.05, 3.63) is 24.0 Å². The third-order valence-corrected chi connectivity index (χ3v) is 2.72. The second-order valence-electron chi connectivity index (χ2n) is 3.75. The Bertz CT molecular complexity index is 314. The number of nitrogens with zero attached hydrogens (tertiary/aromatic N) is 1. The minimum Gasteiger partial charge on any atom is -0.378 e. The molecule has 3 heteroatoms. The standard InChI is InChI=1S/C11H16N2O/c1-8-10(4-3-6-12-8)13-11-5-7-14-9(11)2/h3-4,6,9,11,13H,5,7H2,1-2H3. The van der Waals surface area contributed by atoms with Crippen molar-refractivity contribution < 1.29 is 4.74 Å². The van der Waals surface area contributed by atoms with Crippen LogP contribution in [0.15, 0.2) is 18.3 Å². The predicted molar refractivity (Wildman–Crippen MR) is 56.4 cm³/mol. The molecule has 1 saturated heterocycles. The average molecular weight is 192 g/mol. The Labute approximate surface area is 84.5 Å². The Balaban J connectivity index is 2.07. The van der Waals surface area contributed by atoms with Crippen molar-refractivity contribution in [2.75, 3.05) is 11.9 Å². The van der Waals surface area contributed by atoms with E-state index in [2.05, 4.69) is 23.3 Å². The lowest BCUT2D eigenvalue weighted by atomic mass is 10.1. The molecular formula is C11H16N2O. The summed E-state index contributed by atoms with van der Waals surface area (Å²) in [5, 5.41) is 3.47. The molecule has 2 unspecified atom stereocenters. The topological polar surface area (TPSA) is 34.2 Å². The van der Waals surface area contributed by atoms with Crippen LogP contribution in [-0.4, -0.2) is 23.7 Å². The van der Waals surface area contributed by atoms with E-state index in [1.807, 2.05) is 19.2 Å². The first-order valence-electron chi connectivity index (χ1n) is 5.07. The normalized spacial score (nSPS) is 26.4. The highest BCUT2D eigenvalue weighted by Gasteiger charge is 2.24. The number of aryl methyl sites for hydroxylation is 1. The number of anilines is 1. The zero-order valence-electron chi connectivity index (χ0n) is 8.66. The van der Waals surface area contributed by atoms with Crippen LogP contribution in [0.5, 0.6) is 0 Å². The van der Waals surface area contributed by atoms with Crippen LogP contribution < -0.4 is 5.32 Å². The first kappa shape index (κ1) is 9.46. The van der Waals surface area contributed by atoms with Crippen LogP contribution in [0.25, 0.3) is 0 Å². The van der Waals surface area contributed by atoms with Crippen molar-refractivity contribution in [3.8, 4) is 0 Å². The van der Waals surface area contributed by atoms with E-state index in [0.29, 0.717) is 12.1 Å². The lowest BCUT2D eigenvalue weighted by Crippen LogP contribution is -2.27. The molecule has 1 aromatic heterocycles. The molecule has 0 amide bonds. The second-order valence-corrected chi connectivity index (χ2v) is 3.75. The number of hydrogen-bond donors (Lipinski definition) is 1. The third-order valence-electron chi connectivity index (χ3n) is 2.72. The smallest absolute Gasteiger partial charge is 0.0748 e. The summed E-state index contributed by atoms with van der Waals surface area (Å²) in [6.45, 7) is 4.98. The molecule has 1 aliphatic rings. The van der Waals surface area contributed by atoms with Crippen molar-refractivity contribution >= 4 is 5.69 Å². The summed E-state index contributed by atoms with van der Waals surface area (Å²) in [7, 11) is 0. The van der Waals surface area contributed by atoms with Crippen LogP contribution >= 0.6 is 0 Å². The van der Waals surface area contributed by atoms with Crippen LogP contribution in [0.2, 0.25) is 0 Å². The molecule has 1 N–H and O–H groups in total. The van der Waals surface area contributed by atoms with Crippen LogP contribution in [0.4, 0.5) is 5.69 Å². The highest BCUT2D eigenvalue weighted by molar-refractivity contribution is 5.47. The minimum atomic E-state index is 0.301. The zero-order chi connectivity index (χ0) is 9.97. The van der Waals surface area contributed by atoms with E-state index in [1.54, 1.807) is 0 Å². The first-order chi connectivity index (χ1) is 6.77. The number of nitrogens with one attached hydrogen (secondary N) is 1. The third kappa shape index (κ3) is 1.87. The molecule has 0 radical (unpaired) electrons. The molecule has 76 valence electrons. The van der Waals surface area contributed by atoms with Gasteiger partial charge in [-0.15, -0.1) is 0 Å². The van der Waals surface area contributed by atoms with Gasteiger partial charge in [0.05, 0.1) is 23.5 Å². The molecule has 1 aliphatic heterocycles. The Morgan fingerprint density at radius 3 is 3.07 bits per heavy atom. The summed E-state index contributed by atoms with van der Waals surface area (Å²) in [4.78, 5) is 4.24. The van der Waals surface area contributed by atoms with Crippen molar-refractivity contribution in [1.29, 1.82) is 0 Å². The van der Waals surface area contributed by atoms with Crippen molar-refractivity contribution in [3.63, 3.8) is 0 Å². The Morgan fingerprint density at radius 1 is 1.57 bits per heavy atom. The van der Waals surface area contributed by atoms with E-state index in [9.17, 15) is 0 Å². The number of ether oxygens (including phenoxy) is 1. The average Bonchev–Trinajstić information content (AvgIpc) is 2.56. The molecule has 0 aliphatic carbocycles. The van der Waals surface area contributed by atoms with Gasteiger partial charge in [-0.1, -0.05) is 0 Å². The molecule has 1 aromatic rings. The molecule has 2 rings (SSSR count). The van der Waals surface area contributed by atoms with Gasteiger partial charge in [-0.05, 0) is 32.4 Å². The summed E-state index contributed by atoms with van der Waals surface area (Å²) in [6.07, 6.45) is 3.19. The van der Waals surface area contributed by atoms with Crippen molar-refractivity contribution in [1.82, 2.24) is 4.98 Å². The lowest BCUT2D eigenvalue weighted by Gasteiger charge is -2.18. The quantitative estimate of drug-likeness (QED) is 0.778. The van der Waals surface area contributed by atoms with Gasteiger partial charge in [-0.25, -0.2) is 0 Å². The SMILES string of the molecule is Cc1ncccc1NC1CCOC1C. The fourth-order valence-electron chi connectivity index (χ4n) is 1.76. The van der Waals surface area contributed by atoms with E-state index < -0.39 is 0 Å². The van der Waals surface area contributed by atoms with E-state index in [0.717, 1.165) is 24.4 Å². The van der Waals surface area contributed by atoms with Gasteiger partial charge in [0.15, 0.2) is 0 Å². The van der Waals surface area contributed by atoms with Crippen LogP contribution in [0.1, 0.15) is 19.0 Å². The molecule has 0 bridgehead atoms. The van der Waals surface area contributed by atoms with Gasteiger partial charge >= 0.3 is 0 Å². The van der Waals surface area contributed by atoms with Gasteiger partial charge in [-0.2, -0.15) is 0 Å². The van der Waals surface area contributed by atoms with Crippen LogP contribution in [-0.2, 0) is 4.74 Å². The molecule has 1 fully saturated rings. The Hall–Kier alpha value is -1.09. The van der Waals surface area contributed by atoms with Crippen molar-refractivity contribution in [2.24, 2.45) is 0 Å². The van der Waals surface area contributed by atoms with E-state index in [1.165, 1.54) is 0 Å². The number of aromatic nitrogens is 1. The summed E-state index contributed by atoms with van der Waals surface area (Å²) in [5.41, 5.74) is 2.17. The molecule has 0 spiro atoms. The summed E-state index contributed by atoms with van der Waals surface area (Å²) in [5.74, 6) is 0. The fraction of sp³-hybridized carbons (Fsp3) is 0.545.